The van der Waals surface area contributed by atoms with E-state index >= 15 is 0 Å². The van der Waals surface area contributed by atoms with Crippen molar-refractivity contribution in [1.82, 2.24) is 0 Å². The number of hydrogen-bond acceptors (Lipinski definition) is 4. The number of hydrogen-bond donors (Lipinski definition) is 1. The molecule has 0 fully saturated rings. The summed E-state index contributed by atoms with van der Waals surface area (Å²) in [6.45, 7) is 0. The van der Waals surface area contributed by atoms with Gasteiger partial charge in [-0.3, -0.25) is 9.79 Å². The number of carboxylic acids is 1. The highest BCUT2D eigenvalue weighted by Crippen LogP contribution is 2.10. The van der Waals surface area contributed by atoms with Gasteiger partial charge in [0, 0.05) is 12.6 Å². The third-order valence-corrected chi connectivity index (χ3v) is 2.54. The van der Waals surface area contributed by atoms with Crippen molar-refractivity contribution in [1.29, 1.82) is 5.26 Å². The Morgan fingerprint density at radius 2 is 2.11 bits per heavy atom. The van der Waals surface area contributed by atoms with Gasteiger partial charge < -0.3 is 5.11 Å². The van der Waals surface area contributed by atoms with E-state index in [2.05, 4.69) is 16.1 Å². The predicted molar refractivity (Wildman–Crippen MR) is 66.8 cm³/mol. The summed E-state index contributed by atoms with van der Waals surface area (Å²) < 4.78 is 0. The van der Waals surface area contributed by atoms with Crippen LogP contribution in [0.15, 0.2) is 34.3 Å². The fraction of sp³-hybridized carbons (Fsp3) is 0.231. The van der Waals surface area contributed by atoms with E-state index in [-0.39, 0.29) is 12.5 Å². The number of aliphatic carboxylic acids is 1. The van der Waals surface area contributed by atoms with Crippen LogP contribution < -0.4 is 0 Å². The standard InChI is InChI=1S/C13H11N3O2/c14-7-10-3-1-9(2-4-10)5-12-15-8-11(16-12)6-13(17)18/h1-4,8,11H,5-6H2,(H,17,18). The smallest absolute Gasteiger partial charge is 0.305 e. The molecule has 1 N–H and O–H groups in total. The lowest BCUT2D eigenvalue weighted by molar-refractivity contribution is -0.137. The second-order valence-corrected chi connectivity index (χ2v) is 3.97. The Hall–Kier alpha value is -2.48. The maximum Gasteiger partial charge on any atom is 0.305 e. The summed E-state index contributed by atoms with van der Waals surface area (Å²) in [5.74, 6) is -0.249. The van der Waals surface area contributed by atoms with Crippen molar-refractivity contribution in [3.05, 3.63) is 35.4 Å². The maximum atomic E-state index is 10.5. The van der Waals surface area contributed by atoms with E-state index < -0.39 is 5.97 Å². The average Bonchev–Trinajstić information content (AvgIpc) is 2.76. The van der Waals surface area contributed by atoms with Gasteiger partial charge in [-0.15, -0.1) is 0 Å². The van der Waals surface area contributed by atoms with Crippen LogP contribution in [0, 0.1) is 11.3 Å². The Bertz CT molecular complexity index is 553. The third-order valence-electron chi connectivity index (χ3n) is 2.54. The minimum absolute atomic E-state index is 0.0274. The van der Waals surface area contributed by atoms with E-state index in [0.717, 1.165) is 5.56 Å². The van der Waals surface area contributed by atoms with Crippen LogP contribution in [0.4, 0.5) is 0 Å². The number of nitrogens with zero attached hydrogens (tertiary/aromatic N) is 3. The van der Waals surface area contributed by atoms with Gasteiger partial charge in [-0.25, -0.2) is 4.99 Å². The maximum absolute atomic E-state index is 10.5. The summed E-state index contributed by atoms with van der Waals surface area (Å²) in [5.41, 5.74) is 1.61. The Morgan fingerprint density at radius 1 is 1.39 bits per heavy atom. The molecule has 1 aromatic carbocycles. The molecule has 1 aliphatic rings. The predicted octanol–water partition coefficient (Wildman–Crippen LogP) is 1.43. The molecule has 0 saturated carbocycles. The summed E-state index contributed by atoms with van der Waals surface area (Å²) in [4.78, 5) is 18.8. The van der Waals surface area contributed by atoms with Gasteiger partial charge in [0.1, 0.15) is 5.84 Å². The summed E-state index contributed by atoms with van der Waals surface area (Å²) >= 11 is 0. The number of carboxylic acid groups (broad SMARTS) is 1. The van der Waals surface area contributed by atoms with Crippen molar-refractivity contribution in [2.24, 2.45) is 9.98 Å². The highest BCUT2D eigenvalue weighted by molar-refractivity contribution is 5.98. The molecule has 0 bridgehead atoms. The molecule has 1 atom stereocenters. The number of carbonyl (C=O) groups is 1. The molecule has 1 aliphatic heterocycles. The largest absolute Gasteiger partial charge is 0.481 e. The monoisotopic (exact) mass is 241 g/mol. The number of benzene rings is 1. The zero-order valence-electron chi connectivity index (χ0n) is 9.58. The topological polar surface area (TPSA) is 85.8 Å². The van der Waals surface area contributed by atoms with E-state index in [4.69, 9.17) is 10.4 Å². The van der Waals surface area contributed by atoms with E-state index in [1.54, 1.807) is 18.3 Å². The quantitative estimate of drug-likeness (QED) is 0.865. The van der Waals surface area contributed by atoms with E-state index in [0.29, 0.717) is 17.8 Å². The number of amidine groups is 1. The molecule has 90 valence electrons. The molecule has 0 aromatic heterocycles. The van der Waals surface area contributed by atoms with Gasteiger partial charge in [0.25, 0.3) is 0 Å². The molecule has 0 saturated heterocycles. The molecule has 0 radical (unpaired) electrons. The lowest BCUT2D eigenvalue weighted by atomic mass is 10.1. The Kier molecular flexibility index (Phi) is 3.49. The molecular weight excluding hydrogens is 230 g/mol. The molecule has 0 spiro atoms. The zero-order chi connectivity index (χ0) is 13.0. The Balaban J connectivity index is 2.00. The van der Waals surface area contributed by atoms with Gasteiger partial charge in [0.05, 0.1) is 24.1 Å². The molecular formula is C13H11N3O2. The molecule has 0 aliphatic carbocycles. The van der Waals surface area contributed by atoms with Crippen LogP contribution in [0.25, 0.3) is 0 Å². The zero-order valence-corrected chi connectivity index (χ0v) is 9.58. The van der Waals surface area contributed by atoms with Crippen molar-refractivity contribution in [3.63, 3.8) is 0 Å². The minimum atomic E-state index is -0.880. The highest BCUT2D eigenvalue weighted by Gasteiger charge is 2.15. The van der Waals surface area contributed by atoms with Crippen molar-refractivity contribution in [2.75, 3.05) is 0 Å². The first-order valence-corrected chi connectivity index (χ1v) is 5.49. The molecule has 18 heavy (non-hydrogen) atoms. The lowest BCUT2D eigenvalue weighted by Crippen LogP contribution is -2.10. The van der Waals surface area contributed by atoms with Crippen LogP contribution in [0.3, 0.4) is 0 Å². The number of aliphatic imine (C=N–C) groups is 2. The van der Waals surface area contributed by atoms with Gasteiger partial charge in [-0.05, 0) is 17.7 Å². The van der Waals surface area contributed by atoms with Crippen LogP contribution in [0.2, 0.25) is 0 Å². The number of nitriles is 1. The summed E-state index contributed by atoms with van der Waals surface area (Å²) in [5, 5.41) is 17.3. The second-order valence-electron chi connectivity index (χ2n) is 3.97. The van der Waals surface area contributed by atoms with Crippen molar-refractivity contribution < 1.29 is 9.90 Å². The van der Waals surface area contributed by atoms with Crippen molar-refractivity contribution >= 4 is 18.0 Å². The van der Waals surface area contributed by atoms with Gasteiger partial charge in [-0.2, -0.15) is 5.26 Å². The highest BCUT2D eigenvalue weighted by atomic mass is 16.4. The minimum Gasteiger partial charge on any atom is -0.481 e. The van der Waals surface area contributed by atoms with Crippen LogP contribution in [0.1, 0.15) is 17.5 Å². The first kappa shape index (κ1) is 12.0. The molecule has 1 heterocycles. The van der Waals surface area contributed by atoms with Gasteiger partial charge in [-0.1, -0.05) is 12.1 Å². The van der Waals surface area contributed by atoms with Crippen molar-refractivity contribution in [3.8, 4) is 6.07 Å². The molecule has 2 rings (SSSR count). The van der Waals surface area contributed by atoms with Gasteiger partial charge >= 0.3 is 5.97 Å². The fourth-order valence-electron chi connectivity index (χ4n) is 1.68. The number of rotatable bonds is 4. The SMILES string of the molecule is N#Cc1ccc(CC2=NC(CC(=O)O)C=N2)cc1. The van der Waals surface area contributed by atoms with Gasteiger partial charge in [0.2, 0.25) is 0 Å². The summed E-state index contributed by atoms with van der Waals surface area (Å²) in [6.07, 6.45) is 2.09. The lowest BCUT2D eigenvalue weighted by Gasteiger charge is -2.00. The first-order chi connectivity index (χ1) is 8.67. The molecule has 0 amide bonds. The van der Waals surface area contributed by atoms with E-state index in [1.807, 2.05) is 12.1 Å². The normalized spacial score (nSPS) is 17.3. The molecule has 1 aromatic rings. The van der Waals surface area contributed by atoms with Crippen LogP contribution >= 0.6 is 0 Å². The van der Waals surface area contributed by atoms with Crippen molar-refractivity contribution in [2.45, 2.75) is 18.9 Å². The van der Waals surface area contributed by atoms with Crippen LogP contribution in [0.5, 0.6) is 0 Å². The van der Waals surface area contributed by atoms with Crippen LogP contribution in [-0.2, 0) is 11.2 Å². The van der Waals surface area contributed by atoms with E-state index in [9.17, 15) is 4.79 Å². The molecule has 5 heteroatoms. The summed E-state index contributed by atoms with van der Waals surface area (Å²) in [7, 11) is 0. The van der Waals surface area contributed by atoms with Crippen LogP contribution in [-0.4, -0.2) is 29.2 Å². The fourth-order valence-corrected chi connectivity index (χ4v) is 1.68. The first-order valence-electron chi connectivity index (χ1n) is 5.49. The van der Waals surface area contributed by atoms with Gasteiger partial charge in [0.15, 0.2) is 0 Å². The summed E-state index contributed by atoms with van der Waals surface area (Å²) in [6, 6.07) is 8.88. The third kappa shape index (κ3) is 3.01. The second kappa shape index (κ2) is 5.23. The molecule has 5 nitrogen and oxygen atoms in total. The Labute approximate surface area is 104 Å². The average molecular weight is 241 g/mol. The molecule has 1 unspecified atom stereocenters. The van der Waals surface area contributed by atoms with E-state index in [1.165, 1.54) is 0 Å². The Morgan fingerprint density at radius 3 is 2.72 bits per heavy atom.